The Kier molecular flexibility index (Phi) is 22.4. The number of halogens is 4. The fourth-order valence-corrected chi connectivity index (χ4v) is 15.8. The van der Waals surface area contributed by atoms with Gasteiger partial charge in [0.2, 0.25) is 0 Å². The van der Waals surface area contributed by atoms with E-state index < -0.39 is 11.9 Å². The van der Waals surface area contributed by atoms with E-state index in [1.165, 1.54) is 50.5 Å². The van der Waals surface area contributed by atoms with Gasteiger partial charge in [-0.25, -0.2) is 9.37 Å². The highest BCUT2D eigenvalue weighted by molar-refractivity contribution is 7.15. The van der Waals surface area contributed by atoms with Crippen molar-refractivity contribution < 1.29 is 46.1 Å². The van der Waals surface area contributed by atoms with Crippen molar-refractivity contribution >= 4 is 39.4 Å². The van der Waals surface area contributed by atoms with Crippen LogP contribution >= 0.6 is 11.3 Å². The van der Waals surface area contributed by atoms with Gasteiger partial charge in [-0.15, -0.1) is 23.2 Å². The van der Waals surface area contributed by atoms with Crippen molar-refractivity contribution in [1.29, 1.82) is 0 Å². The van der Waals surface area contributed by atoms with Crippen LogP contribution in [0.1, 0.15) is 196 Å². The Balaban J connectivity index is 0.000000147. The predicted molar refractivity (Wildman–Crippen MR) is 404 cm³/mol. The fraction of sp³-hybridized carbons (Fsp3) is 0.326. The van der Waals surface area contributed by atoms with Gasteiger partial charge in [-0.2, -0.15) is 18.3 Å². The first-order chi connectivity index (χ1) is 49.6. The number of carbonyl (C=O) groups excluding carboxylic acids is 2. The van der Waals surface area contributed by atoms with Gasteiger partial charge in [0.1, 0.15) is 63.7 Å². The number of aryl methyl sites for hydroxylation is 6. The predicted octanol–water partition coefficient (Wildman–Crippen LogP) is 22.4. The largest absolute Gasteiger partial charge is 0.497 e. The zero-order chi connectivity index (χ0) is 72.7. The Morgan fingerprint density at radius 2 is 1.32 bits per heavy atom. The molecule has 0 saturated carbocycles. The van der Waals surface area contributed by atoms with Crippen LogP contribution in [0.25, 0.3) is 49.3 Å². The molecule has 0 saturated heterocycles. The number of alkyl halides is 3. The van der Waals surface area contributed by atoms with E-state index in [0.717, 1.165) is 131 Å². The van der Waals surface area contributed by atoms with E-state index in [4.69, 9.17) is 23.9 Å². The van der Waals surface area contributed by atoms with Crippen LogP contribution in [-0.2, 0) is 48.5 Å². The van der Waals surface area contributed by atoms with Gasteiger partial charge in [-0.1, -0.05) is 148 Å². The van der Waals surface area contributed by atoms with Crippen molar-refractivity contribution in [3.8, 4) is 79.5 Å². The van der Waals surface area contributed by atoms with Crippen molar-refractivity contribution in [2.45, 2.75) is 169 Å². The molecule has 0 bridgehead atoms. The number of aromatic nitrogens is 3. The number of nitrogens with zero attached hydrogens (tertiary/aromatic N) is 3. The SMILES string of the molecule is CC#C[C@@H](CC(C)=O)c1ccc2c(c1)CCC(c1cccc(-c3cccc4c3c(C(F)(F)F)nn4C)c1)O2.CC#C[C@@H](CC)c1ccc2c(c1)CCC(c1sc(-c3ccccc3)nc1C)O2.COc1ccc(F)c(-c2ccc(C3CCc4ccc(CCC(C)=O)cc4O3)cc2C2=CCCC2(C)C)c1. The first-order valence-corrected chi connectivity index (χ1v) is 36.5. The van der Waals surface area contributed by atoms with Gasteiger partial charge < -0.3 is 23.7 Å². The Bertz CT molecular complexity index is 4960. The molecule has 0 amide bonds. The number of Topliss-reactive ketones (excluding diaryl/α,β-unsaturated/α-hetero) is 2. The van der Waals surface area contributed by atoms with E-state index in [2.05, 4.69) is 141 Å². The maximum Gasteiger partial charge on any atom is 0.435 e. The molecule has 0 N–H and O–H groups in total. The Hall–Kier alpha value is -10.0. The van der Waals surface area contributed by atoms with E-state index in [9.17, 15) is 22.8 Å². The van der Waals surface area contributed by atoms with E-state index in [-0.39, 0.29) is 52.4 Å². The van der Waals surface area contributed by atoms with Crippen LogP contribution in [0.5, 0.6) is 23.0 Å². The van der Waals surface area contributed by atoms with Gasteiger partial charge in [0.05, 0.1) is 29.1 Å². The molecule has 528 valence electrons. The number of hydrogen-bond acceptors (Lipinski definition) is 9. The van der Waals surface area contributed by atoms with E-state index in [1.807, 2.05) is 55.5 Å². The van der Waals surface area contributed by atoms with Crippen LogP contribution in [0.15, 0.2) is 170 Å². The molecule has 3 unspecified atom stereocenters. The number of allylic oxidation sites excluding steroid dienone is 2. The summed E-state index contributed by atoms with van der Waals surface area (Å²) in [6.45, 7) is 15.7. The molecule has 0 fully saturated rings. The molecule has 1 aliphatic carbocycles. The number of ketones is 2. The normalized spacial score (nSPS) is 16.8. The number of hydrogen-bond donors (Lipinski definition) is 0. The van der Waals surface area contributed by atoms with Crippen LogP contribution in [0, 0.1) is 41.8 Å². The number of benzene rings is 8. The first-order valence-electron chi connectivity index (χ1n) is 35.7. The molecule has 14 heteroatoms. The molecule has 0 radical (unpaired) electrons. The highest BCUT2D eigenvalue weighted by Crippen LogP contribution is 2.50. The molecule has 5 atom stereocenters. The highest BCUT2D eigenvalue weighted by atomic mass is 32.1. The van der Waals surface area contributed by atoms with Gasteiger partial charge in [-0.3, -0.25) is 9.48 Å². The fourth-order valence-electron chi connectivity index (χ4n) is 14.7. The lowest BCUT2D eigenvalue weighted by Gasteiger charge is -2.29. The molecule has 3 aliphatic heterocycles. The van der Waals surface area contributed by atoms with E-state index in [0.29, 0.717) is 46.7 Å². The van der Waals surface area contributed by atoms with E-state index in [1.54, 1.807) is 69.5 Å². The summed E-state index contributed by atoms with van der Waals surface area (Å²) in [5.74, 6) is 16.0. The van der Waals surface area contributed by atoms with Gasteiger partial charge in [-0.05, 0) is 231 Å². The van der Waals surface area contributed by atoms with Crippen molar-refractivity contribution in [2.24, 2.45) is 12.5 Å². The van der Waals surface area contributed by atoms with Gasteiger partial charge in [0, 0.05) is 42.3 Å². The summed E-state index contributed by atoms with van der Waals surface area (Å²) in [7, 11) is 3.13. The number of fused-ring (bicyclic) bond motifs is 4. The number of ether oxygens (including phenoxy) is 4. The summed E-state index contributed by atoms with van der Waals surface area (Å²) in [5, 5.41) is 4.94. The smallest absolute Gasteiger partial charge is 0.435 e. The molecule has 0 spiro atoms. The van der Waals surface area contributed by atoms with Crippen molar-refractivity contribution in [1.82, 2.24) is 14.8 Å². The maximum atomic E-state index is 15.1. The van der Waals surface area contributed by atoms with Crippen molar-refractivity contribution in [3.63, 3.8) is 0 Å². The lowest BCUT2D eigenvalue weighted by molar-refractivity contribution is -0.140. The second-order valence-electron chi connectivity index (χ2n) is 27.8. The lowest BCUT2D eigenvalue weighted by atomic mass is 9.78. The maximum absolute atomic E-state index is 15.1. The summed E-state index contributed by atoms with van der Waals surface area (Å²) in [5.41, 5.74) is 15.7. The standard InChI is InChI=1S/C33H35FO3.C31H27F3N2O2.C25H25NOS/c1-21(35)7-8-22-9-10-23-12-16-31(37-32(23)18-22)24-11-14-26(28-20-25(36-4)13-15-30(28)34)27(19-24)29-6-5-17-33(29,2)3;1-4-7-20(16-19(2)37)21-12-14-28-24(17-21)13-15-27(38-28)23-9-5-8-22(18-23)25-10-6-11-26-29(25)30(31(32,33)34)35-36(26)3;1-4-9-18(5-2)20-12-14-22-21(16-20)13-15-23(27-22)24-17(3)26-25(28-24)19-10-7-6-8-11-19/h6,9-11,13-15,18-20,31H,5,7-8,12,16-17H2,1-4H3;5-6,8-12,14,17-18,20,27H,13,15-16H2,1-3H3;6-8,10-12,14,16,18,23H,5,13,15H2,1-3H3/t;20-,27?;18-,23?/m.01/s1. The Labute approximate surface area is 606 Å². The quantitative estimate of drug-likeness (QED) is 0.0696. The molecule has 2 aromatic heterocycles. The summed E-state index contributed by atoms with van der Waals surface area (Å²) in [6.07, 6.45) is 7.62. The number of rotatable bonds is 16. The summed E-state index contributed by atoms with van der Waals surface area (Å²) in [6, 6.07) is 53.1. The third kappa shape index (κ3) is 16.6. The number of thiazole rings is 1. The summed E-state index contributed by atoms with van der Waals surface area (Å²) >= 11 is 1.76. The third-order valence-corrected chi connectivity index (χ3v) is 21.4. The number of methoxy groups -OCH3 is 1. The minimum Gasteiger partial charge on any atom is -0.497 e. The molecule has 4 aliphatic rings. The minimum absolute atomic E-state index is 0.00829. The minimum atomic E-state index is -4.56. The highest BCUT2D eigenvalue weighted by Gasteiger charge is 2.38. The monoisotopic (exact) mass is 1400 g/mol. The van der Waals surface area contributed by atoms with E-state index >= 15 is 4.39 Å². The average molecular weight is 1400 g/mol. The van der Waals surface area contributed by atoms with Crippen LogP contribution in [0.3, 0.4) is 0 Å². The molecule has 8 aromatic carbocycles. The average Bonchev–Trinajstić information content (AvgIpc) is 1.68. The summed E-state index contributed by atoms with van der Waals surface area (Å²) in [4.78, 5) is 29.2. The van der Waals surface area contributed by atoms with Crippen LogP contribution in [-0.4, -0.2) is 33.4 Å². The van der Waals surface area contributed by atoms with Crippen molar-refractivity contribution in [2.75, 3.05) is 7.11 Å². The van der Waals surface area contributed by atoms with Crippen LogP contribution < -0.4 is 18.9 Å². The Morgan fingerprint density at radius 3 is 1.98 bits per heavy atom. The molecular formula is C89H87F4N3O6S. The molecular weight excluding hydrogens is 1320 g/mol. The zero-order valence-corrected chi connectivity index (χ0v) is 61.1. The van der Waals surface area contributed by atoms with Gasteiger partial charge in [0.15, 0.2) is 5.69 Å². The molecule has 103 heavy (non-hydrogen) atoms. The zero-order valence-electron chi connectivity index (χ0n) is 60.2. The van der Waals surface area contributed by atoms with Crippen LogP contribution in [0.2, 0.25) is 0 Å². The van der Waals surface area contributed by atoms with Crippen LogP contribution in [0.4, 0.5) is 17.6 Å². The van der Waals surface area contributed by atoms with Crippen molar-refractivity contribution in [3.05, 3.63) is 242 Å². The topological polar surface area (TPSA) is 102 Å². The second kappa shape index (κ2) is 31.7. The van der Waals surface area contributed by atoms with Gasteiger partial charge in [0.25, 0.3) is 0 Å². The summed E-state index contributed by atoms with van der Waals surface area (Å²) < 4.78 is 82.5. The molecule has 14 rings (SSSR count). The third-order valence-electron chi connectivity index (χ3n) is 20.1. The van der Waals surface area contributed by atoms with Gasteiger partial charge >= 0.3 is 6.18 Å². The molecule has 9 nitrogen and oxygen atoms in total. The molecule has 10 aromatic rings. The molecule has 5 heterocycles. The number of carbonyl (C=O) groups is 2. The first kappa shape index (κ1) is 72.8. The second-order valence-corrected chi connectivity index (χ2v) is 28.9. The Morgan fingerprint density at radius 1 is 0.670 bits per heavy atom. The lowest BCUT2D eigenvalue weighted by Crippen LogP contribution is -2.16.